The molecular weight excluding hydrogens is 394 g/mol. The fourth-order valence-corrected chi connectivity index (χ4v) is 2.54. The fourth-order valence-electron chi connectivity index (χ4n) is 1.32. The number of hydrogen-bond acceptors (Lipinski definition) is 4. The van der Waals surface area contributed by atoms with Gasteiger partial charge in [-0.15, -0.1) is 6.42 Å². The van der Waals surface area contributed by atoms with E-state index in [4.69, 9.17) is 12.2 Å². The van der Waals surface area contributed by atoms with Crippen molar-refractivity contribution in [3.63, 3.8) is 0 Å². The van der Waals surface area contributed by atoms with Gasteiger partial charge in [-0.05, 0) is 28.1 Å². The third-order valence-corrected chi connectivity index (χ3v) is 3.34. The Bertz CT molecular complexity index is 584. The lowest BCUT2D eigenvalue weighted by Crippen LogP contribution is -2.46. The van der Waals surface area contributed by atoms with Gasteiger partial charge in [0, 0.05) is 8.95 Å². The molecule has 8 heteroatoms. The quantitative estimate of drug-likeness (QED) is 0.449. The normalized spacial score (nSPS) is 9.50. The topological polar surface area (TPSA) is 84.7 Å². The van der Waals surface area contributed by atoms with E-state index in [-0.39, 0.29) is 17.8 Å². The van der Waals surface area contributed by atoms with E-state index in [0.29, 0.717) is 8.95 Å². The highest BCUT2D eigenvalue weighted by Gasteiger charge is 2.21. The molecule has 0 unspecified atom stereocenters. The van der Waals surface area contributed by atoms with E-state index in [2.05, 4.69) is 47.9 Å². The van der Waals surface area contributed by atoms with Gasteiger partial charge in [-0.2, -0.15) is 0 Å². The monoisotopic (exact) mass is 403 g/mol. The molecule has 2 amide bonds. The van der Waals surface area contributed by atoms with Gasteiger partial charge in [0.05, 0.1) is 18.4 Å². The zero-order valence-corrected chi connectivity index (χ0v) is 13.6. The summed E-state index contributed by atoms with van der Waals surface area (Å²) in [4.78, 5) is 23.6. The van der Waals surface area contributed by atoms with Crippen LogP contribution in [-0.2, 0) is 4.74 Å². The van der Waals surface area contributed by atoms with Gasteiger partial charge in [0.1, 0.15) is 6.54 Å². The van der Waals surface area contributed by atoms with E-state index in [1.54, 1.807) is 6.07 Å². The Kier molecular flexibility index (Phi) is 5.85. The molecule has 0 aliphatic carbocycles. The summed E-state index contributed by atoms with van der Waals surface area (Å²) in [7, 11) is 1.18. The first-order valence-electron chi connectivity index (χ1n) is 5.25. The van der Waals surface area contributed by atoms with Crippen LogP contribution in [-0.4, -0.2) is 30.7 Å². The third kappa shape index (κ3) is 3.88. The number of hydrogen-bond donors (Lipinski definition) is 2. The summed E-state index contributed by atoms with van der Waals surface area (Å²) < 4.78 is 5.63. The fraction of sp³-hybridized carbons (Fsp3) is 0.167. The minimum absolute atomic E-state index is 0.127. The lowest BCUT2D eigenvalue weighted by molar-refractivity contribution is 0.0663. The molecule has 0 atom stereocenters. The van der Waals surface area contributed by atoms with Crippen LogP contribution in [0.2, 0.25) is 0 Å². The lowest BCUT2D eigenvalue weighted by atomic mass is 10.1. The maximum atomic E-state index is 12.3. The van der Waals surface area contributed by atoms with Gasteiger partial charge in [0.25, 0.3) is 5.91 Å². The Morgan fingerprint density at radius 2 is 2.15 bits per heavy atom. The standard InChI is InChI=1S/C12H11Br2N3O3/c1-3-4-17(16-12(19)20-2)11(18)8-5-7(13)6-9(14)10(8)15/h1,5-6H,4,15H2,2H3,(H,16,19). The van der Waals surface area contributed by atoms with Crippen molar-refractivity contribution in [2.24, 2.45) is 0 Å². The number of anilines is 1. The number of nitrogens with zero attached hydrogens (tertiary/aromatic N) is 1. The predicted molar refractivity (Wildman–Crippen MR) is 81.7 cm³/mol. The van der Waals surface area contributed by atoms with Crippen LogP contribution >= 0.6 is 31.9 Å². The molecule has 3 N–H and O–H groups in total. The van der Waals surface area contributed by atoms with Gasteiger partial charge in [-0.25, -0.2) is 15.2 Å². The summed E-state index contributed by atoms with van der Waals surface area (Å²) in [6, 6.07) is 3.23. The molecule has 106 valence electrons. The average Bonchev–Trinajstić information content (AvgIpc) is 2.41. The molecule has 1 aromatic carbocycles. The van der Waals surface area contributed by atoms with E-state index < -0.39 is 12.0 Å². The molecule has 1 aromatic rings. The number of benzene rings is 1. The van der Waals surface area contributed by atoms with E-state index in [1.807, 2.05) is 0 Å². The van der Waals surface area contributed by atoms with Gasteiger partial charge in [0.15, 0.2) is 0 Å². The summed E-state index contributed by atoms with van der Waals surface area (Å²) in [6.45, 7) is -0.127. The molecule has 0 radical (unpaired) electrons. The van der Waals surface area contributed by atoms with Gasteiger partial charge < -0.3 is 10.5 Å². The number of nitrogens with one attached hydrogen (secondary N) is 1. The first-order valence-corrected chi connectivity index (χ1v) is 6.83. The zero-order valence-electron chi connectivity index (χ0n) is 10.4. The molecule has 20 heavy (non-hydrogen) atoms. The van der Waals surface area contributed by atoms with Gasteiger partial charge in [0.2, 0.25) is 0 Å². The maximum Gasteiger partial charge on any atom is 0.425 e. The van der Waals surface area contributed by atoms with Crippen molar-refractivity contribution >= 4 is 49.5 Å². The number of nitrogen functional groups attached to an aromatic ring is 1. The predicted octanol–water partition coefficient (Wildman–Crippen LogP) is 2.14. The highest BCUT2D eigenvalue weighted by molar-refractivity contribution is 9.11. The zero-order chi connectivity index (χ0) is 15.3. The molecule has 0 fully saturated rings. The van der Waals surface area contributed by atoms with Crippen LogP contribution in [0.3, 0.4) is 0 Å². The maximum absolute atomic E-state index is 12.3. The number of terminal acetylenes is 1. The summed E-state index contributed by atoms with van der Waals surface area (Å²) in [6.07, 6.45) is 4.37. The van der Waals surface area contributed by atoms with Crippen LogP contribution in [0.15, 0.2) is 21.1 Å². The second kappa shape index (κ2) is 7.17. The van der Waals surface area contributed by atoms with E-state index in [1.165, 1.54) is 13.2 Å². The number of amides is 2. The van der Waals surface area contributed by atoms with Crippen LogP contribution in [0.4, 0.5) is 10.5 Å². The van der Waals surface area contributed by atoms with E-state index in [0.717, 1.165) is 5.01 Å². The smallest absolute Gasteiger partial charge is 0.425 e. The molecule has 0 heterocycles. The molecule has 0 aromatic heterocycles. The number of carbonyl (C=O) groups is 2. The van der Waals surface area contributed by atoms with Crippen LogP contribution in [0.25, 0.3) is 0 Å². The minimum Gasteiger partial charge on any atom is -0.452 e. The molecule has 0 aliphatic rings. The molecular formula is C12H11Br2N3O3. The number of halogens is 2. The summed E-state index contributed by atoms with van der Waals surface area (Å²) in [5.74, 6) is 1.72. The number of hydrazine groups is 1. The van der Waals surface area contributed by atoms with Crippen molar-refractivity contribution in [2.45, 2.75) is 0 Å². The first kappa shape index (κ1) is 16.3. The third-order valence-electron chi connectivity index (χ3n) is 2.23. The number of ether oxygens (including phenoxy) is 1. The summed E-state index contributed by atoms with van der Waals surface area (Å²) in [5, 5.41) is 0.941. The van der Waals surface area contributed by atoms with Crippen LogP contribution < -0.4 is 11.2 Å². The van der Waals surface area contributed by atoms with Crippen molar-refractivity contribution in [3.8, 4) is 12.3 Å². The van der Waals surface area contributed by atoms with Crippen molar-refractivity contribution in [3.05, 3.63) is 26.6 Å². The van der Waals surface area contributed by atoms with Crippen molar-refractivity contribution in [1.82, 2.24) is 10.4 Å². The number of nitrogens with two attached hydrogens (primary N) is 1. The van der Waals surface area contributed by atoms with Crippen LogP contribution in [0, 0.1) is 12.3 Å². The van der Waals surface area contributed by atoms with Gasteiger partial charge in [-0.1, -0.05) is 21.9 Å². The Balaban J connectivity index is 3.13. The largest absolute Gasteiger partial charge is 0.452 e. The molecule has 0 spiro atoms. The van der Waals surface area contributed by atoms with Crippen LogP contribution in [0.5, 0.6) is 0 Å². The minimum atomic E-state index is -0.804. The average molecular weight is 405 g/mol. The lowest BCUT2D eigenvalue weighted by Gasteiger charge is -2.21. The molecule has 0 aliphatic heterocycles. The van der Waals surface area contributed by atoms with Crippen molar-refractivity contribution in [2.75, 3.05) is 19.4 Å². The molecule has 0 saturated carbocycles. The Labute approximate surface area is 132 Å². The first-order chi connectivity index (χ1) is 9.40. The number of carbonyl (C=O) groups excluding carboxylic acids is 2. The number of rotatable bonds is 2. The van der Waals surface area contributed by atoms with E-state index >= 15 is 0 Å². The highest BCUT2D eigenvalue weighted by atomic mass is 79.9. The van der Waals surface area contributed by atoms with E-state index in [9.17, 15) is 9.59 Å². The molecule has 6 nitrogen and oxygen atoms in total. The highest BCUT2D eigenvalue weighted by Crippen LogP contribution is 2.28. The van der Waals surface area contributed by atoms with Crippen LogP contribution in [0.1, 0.15) is 10.4 Å². The molecule has 0 saturated heterocycles. The molecule has 0 bridgehead atoms. The van der Waals surface area contributed by atoms with Crippen molar-refractivity contribution < 1.29 is 14.3 Å². The second-order valence-corrected chi connectivity index (χ2v) is 5.32. The van der Waals surface area contributed by atoms with Gasteiger partial charge in [-0.3, -0.25) is 4.79 Å². The Hall–Kier alpha value is -1.72. The van der Waals surface area contributed by atoms with Crippen molar-refractivity contribution in [1.29, 1.82) is 0 Å². The molecule has 1 rings (SSSR count). The SMILES string of the molecule is C#CCN(NC(=O)OC)C(=O)c1cc(Br)cc(Br)c1N. The summed E-state index contributed by atoms with van der Waals surface area (Å²) >= 11 is 6.50. The summed E-state index contributed by atoms with van der Waals surface area (Å²) in [5.41, 5.74) is 8.50. The number of methoxy groups -OCH3 is 1. The Morgan fingerprint density at radius 1 is 1.50 bits per heavy atom. The second-order valence-electron chi connectivity index (χ2n) is 3.55. The Morgan fingerprint density at radius 3 is 2.70 bits per heavy atom. The van der Waals surface area contributed by atoms with Gasteiger partial charge >= 0.3 is 6.09 Å².